The number of hydrogen-bond acceptors (Lipinski definition) is 4. The van der Waals surface area contributed by atoms with Crippen molar-refractivity contribution in [2.75, 3.05) is 19.0 Å². The quantitative estimate of drug-likeness (QED) is 0.815. The van der Waals surface area contributed by atoms with E-state index in [2.05, 4.69) is 4.99 Å². The van der Waals surface area contributed by atoms with Gasteiger partial charge < -0.3 is 9.47 Å². The van der Waals surface area contributed by atoms with Crippen LogP contribution in [0.3, 0.4) is 0 Å². The van der Waals surface area contributed by atoms with Crippen LogP contribution in [0.15, 0.2) is 29.3 Å². The number of carbonyl (C=O) groups excluding carboxylic acids is 1. The van der Waals surface area contributed by atoms with Crippen molar-refractivity contribution in [3.8, 4) is 0 Å². The highest BCUT2D eigenvalue weighted by atomic mass is 32.1. The van der Waals surface area contributed by atoms with Gasteiger partial charge in [0.15, 0.2) is 10.6 Å². The van der Waals surface area contributed by atoms with Gasteiger partial charge in [-0.15, -0.1) is 0 Å². The fourth-order valence-corrected chi connectivity index (χ4v) is 2.93. The number of thiazole rings is 1. The summed E-state index contributed by atoms with van der Waals surface area (Å²) in [6.07, 6.45) is 0. The summed E-state index contributed by atoms with van der Waals surface area (Å²) < 4.78 is 1.96. The van der Waals surface area contributed by atoms with Gasteiger partial charge in [-0.2, -0.15) is 0 Å². The number of aromatic nitrogens is 1. The maximum absolute atomic E-state index is 11.6. The third kappa shape index (κ3) is 2.82. The number of Topliss-reactive ketones (excluding diaryl/α,β-unsaturated/α-hetero) is 1. The number of rotatable bonds is 3. The Morgan fingerprint density at radius 1 is 1.25 bits per heavy atom. The second-order valence-electron chi connectivity index (χ2n) is 4.94. The molecular formula is C15H19N3OS. The summed E-state index contributed by atoms with van der Waals surface area (Å²) in [6, 6.07) is 8.03. The minimum Gasteiger partial charge on any atom is -0.378 e. The van der Waals surface area contributed by atoms with Gasteiger partial charge in [0.2, 0.25) is 0 Å². The number of benzene rings is 1. The van der Waals surface area contributed by atoms with E-state index in [4.69, 9.17) is 0 Å². The average Bonchev–Trinajstić information content (AvgIpc) is 2.68. The standard InChI is InChI=1S/C15H19N3OS/c1-10-14(11(2)19)20-15(18(10)5)16-12-6-8-13(9-7-12)17(3)4/h6-9H,1-5H3. The summed E-state index contributed by atoms with van der Waals surface area (Å²) in [5.41, 5.74) is 2.99. The molecule has 0 amide bonds. The summed E-state index contributed by atoms with van der Waals surface area (Å²) >= 11 is 1.44. The molecule has 0 aliphatic carbocycles. The van der Waals surface area contributed by atoms with E-state index in [1.165, 1.54) is 11.3 Å². The maximum Gasteiger partial charge on any atom is 0.190 e. The molecule has 20 heavy (non-hydrogen) atoms. The van der Waals surface area contributed by atoms with Crippen molar-refractivity contribution in [2.24, 2.45) is 12.0 Å². The Morgan fingerprint density at radius 2 is 1.85 bits per heavy atom. The highest BCUT2D eigenvalue weighted by molar-refractivity contribution is 7.11. The van der Waals surface area contributed by atoms with Gasteiger partial charge in [0.05, 0.1) is 10.6 Å². The Bertz CT molecular complexity index is 693. The Hall–Kier alpha value is -1.88. The maximum atomic E-state index is 11.6. The predicted molar refractivity (Wildman–Crippen MR) is 84.0 cm³/mol. The van der Waals surface area contributed by atoms with E-state index >= 15 is 0 Å². The molecule has 1 aromatic heterocycles. The molecule has 2 rings (SSSR count). The molecule has 0 aliphatic rings. The summed E-state index contributed by atoms with van der Waals surface area (Å²) in [7, 11) is 5.95. The SMILES string of the molecule is CC(=O)c1sc(=Nc2ccc(N(C)C)cc2)n(C)c1C. The molecule has 1 heterocycles. The Kier molecular flexibility index (Phi) is 4.09. The fourth-order valence-electron chi connectivity index (χ4n) is 1.89. The molecule has 0 radical (unpaired) electrons. The lowest BCUT2D eigenvalue weighted by atomic mass is 10.3. The first kappa shape index (κ1) is 14.5. The zero-order valence-corrected chi connectivity index (χ0v) is 13.3. The van der Waals surface area contributed by atoms with Crippen LogP contribution in [-0.2, 0) is 7.05 Å². The summed E-state index contributed by atoms with van der Waals surface area (Å²) in [5, 5.41) is 0. The van der Waals surface area contributed by atoms with E-state index in [0.29, 0.717) is 0 Å². The number of hydrogen-bond donors (Lipinski definition) is 0. The largest absolute Gasteiger partial charge is 0.378 e. The molecule has 0 aliphatic heterocycles. The third-order valence-electron chi connectivity index (χ3n) is 3.22. The van der Waals surface area contributed by atoms with Crippen molar-refractivity contribution in [3.05, 3.63) is 39.6 Å². The van der Waals surface area contributed by atoms with E-state index in [9.17, 15) is 4.79 Å². The minimum absolute atomic E-state index is 0.0903. The van der Waals surface area contributed by atoms with Gasteiger partial charge >= 0.3 is 0 Å². The summed E-state index contributed by atoms with van der Waals surface area (Å²) in [4.78, 5) is 19.8. The molecule has 106 valence electrons. The van der Waals surface area contributed by atoms with Crippen molar-refractivity contribution in [3.63, 3.8) is 0 Å². The highest BCUT2D eigenvalue weighted by Gasteiger charge is 2.10. The molecule has 0 atom stereocenters. The first-order valence-corrected chi connectivity index (χ1v) is 7.21. The molecule has 4 nitrogen and oxygen atoms in total. The second kappa shape index (κ2) is 5.63. The number of nitrogens with zero attached hydrogens (tertiary/aromatic N) is 3. The molecule has 0 fully saturated rings. The van der Waals surface area contributed by atoms with E-state index in [-0.39, 0.29) is 5.78 Å². The second-order valence-corrected chi connectivity index (χ2v) is 5.91. The molecular weight excluding hydrogens is 270 g/mol. The zero-order chi connectivity index (χ0) is 14.9. The van der Waals surface area contributed by atoms with Crippen molar-refractivity contribution in [1.82, 2.24) is 4.57 Å². The molecule has 2 aromatic rings. The monoisotopic (exact) mass is 289 g/mol. The van der Waals surface area contributed by atoms with Crippen LogP contribution in [0, 0.1) is 6.92 Å². The van der Waals surface area contributed by atoms with Gasteiger partial charge in [0.25, 0.3) is 0 Å². The Morgan fingerprint density at radius 3 is 2.30 bits per heavy atom. The van der Waals surface area contributed by atoms with Crippen LogP contribution >= 0.6 is 11.3 Å². The molecule has 0 unspecified atom stereocenters. The molecule has 5 heteroatoms. The molecule has 0 spiro atoms. The van der Waals surface area contributed by atoms with Crippen molar-refractivity contribution in [2.45, 2.75) is 13.8 Å². The van der Waals surface area contributed by atoms with Crippen LogP contribution in [0.2, 0.25) is 0 Å². The highest BCUT2D eigenvalue weighted by Crippen LogP contribution is 2.18. The van der Waals surface area contributed by atoms with Crippen LogP contribution in [0.25, 0.3) is 0 Å². The van der Waals surface area contributed by atoms with Crippen LogP contribution in [0.4, 0.5) is 11.4 Å². The van der Waals surface area contributed by atoms with E-state index in [0.717, 1.165) is 26.7 Å². The molecule has 1 aromatic carbocycles. The van der Waals surface area contributed by atoms with Gasteiger partial charge in [-0.3, -0.25) is 4.79 Å². The van der Waals surface area contributed by atoms with Crippen LogP contribution in [-0.4, -0.2) is 24.4 Å². The van der Waals surface area contributed by atoms with Crippen molar-refractivity contribution >= 4 is 28.5 Å². The average molecular weight is 289 g/mol. The number of ketones is 1. The van der Waals surface area contributed by atoms with E-state index in [1.807, 2.05) is 61.8 Å². The first-order chi connectivity index (χ1) is 9.40. The molecule has 0 saturated carbocycles. The Balaban J connectivity index is 2.45. The summed E-state index contributed by atoms with van der Waals surface area (Å²) in [6.45, 7) is 3.54. The van der Waals surface area contributed by atoms with Gasteiger partial charge in [0, 0.05) is 39.4 Å². The number of anilines is 1. The lowest BCUT2D eigenvalue weighted by Gasteiger charge is -2.11. The van der Waals surface area contributed by atoms with Crippen LogP contribution < -0.4 is 9.70 Å². The number of carbonyl (C=O) groups is 1. The Labute approximate surface area is 123 Å². The third-order valence-corrected chi connectivity index (χ3v) is 4.56. The minimum atomic E-state index is 0.0903. The van der Waals surface area contributed by atoms with Crippen LogP contribution in [0.1, 0.15) is 22.3 Å². The van der Waals surface area contributed by atoms with Crippen molar-refractivity contribution in [1.29, 1.82) is 0 Å². The lowest BCUT2D eigenvalue weighted by molar-refractivity contribution is 0.102. The van der Waals surface area contributed by atoms with Gasteiger partial charge in [0.1, 0.15) is 0 Å². The molecule has 0 N–H and O–H groups in total. The van der Waals surface area contributed by atoms with Crippen LogP contribution in [0.5, 0.6) is 0 Å². The fraction of sp³-hybridized carbons (Fsp3) is 0.333. The van der Waals surface area contributed by atoms with Gasteiger partial charge in [-0.25, -0.2) is 4.99 Å². The lowest BCUT2D eigenvalue weighted by Crippen LogP contribution is -2.11. The predicted octanol–water partition coefficient (Wildman–Crippen LogP) is 2.90. The van der Waals surface area contributed by atoms with Crippen molar-refractivity contribution < 1.29 is 4.79 Å². The normalized spacial score (nSPS) is 11.8. The first-order valence-electron chi connectivity index (χ1n) is 6.39. The smallest absolute Gasteiger partial charge is 0.190 e. The van der Waals surface area contributed by atoms with E-state index in [1.54, 1.807) is 6.92 Å². The zero-order valence-electron chi connectivity index (χ0n) is 12.5. The van der Waals surface area contributed by atoms with E-state index < -0.39 is 0 Å². The molecule has 0 bridgehead atoms. The van der Waals surface area contributed by atoms with Gasteiger partial charge in [-0.05, 0) is 31.2 Å². The topological polar surface area (TPSA) is 37.6 Å². The summed E-state index contributed by atoms with van der Waals surface area (Å²) in [5.74, 6) is 0.0903. The van der Waals surface area contributed by atoms with Gasteiger partial charge in [-0.1, -0.05) is 11.3 Å². The molecule has 0 saturated heterocycles.